The summed E-state index contributed by atoms with van der Waals surface area (Å²) in [7, 11) is 0. The minimum atomic E-state index is -0.475. The molecule has 1 amide bonds. The van der Waals surface area contributed by atoms with Gasteiger partial charge in [-0.1, -0.05) is 32.4 Å². The first-order chi connectivity index (χ1) is 10.8. The molecule has 5 nitrogen and oxygen atoms in total. The van der Waals surface area contributed by atoms with Gasteiger partial charge in [-0.05, 0) is 30.3 Å². The van der Waals surface area contributed by atoms with Crippen LogP contribution >= 0.6 is 11.6 Å². The maximum absolute atomic E-state index is 12.0. The van der Waals surface area contributed by atoms with Crippen LogP contribution in [0.2, 0.25) is 5.02 Å². The van der Waals surface area contributed by atoms with Gasteiger partial charge in [-0.3, -0.25) is 4.79 Å². The predicted octanol–water partition coefficient (Wildman–Crippen LogP) is 4.53. The summed E-state index contributed by atoms with van der Waals surface area (Å²) in [5, 5.41) is 3.29. The average molecular weight is 330 g/mol. The van der Waals surface area contributed by atoms with Crippen LogP contribution in [-0.4, -0.2) is 15.9 Å². The quantitative estimate of drug-likeness (QED) is 0.750. The van der Waals surface area contributed by atoms with E-state index in [0.717, 1.165) is 0 Å². The molecule has 23 heavy (non-hydrogen) atoms. The Kier molecular flexibility index (Phi) is 3.82. The van der Waals surface area contributed by atoms with E-state index in [9.17, 15) is 4.79 Å². The van der Waals surface area contributed by atoms with E-state index in [1.807, 2.05) is 20.8 Å². The molecule has 0 atom stereocenters. The molecule has 3 aromatic rings. The second-order valence-corrected chi connectivity index (χ2v) is 6.65. The molecule has 118 valence electrons. The number of anilines is 1. The number of carbonyl (C=O) groups is 1. The Morgan fingerprint density at radius 3 is 2.70 bits per heavy atom. The summed E-state index contributed by atoms with van der Waals surface area (Å²) in [6, 6.07) is 8.80. The van der Waals surface area contributed by atoms with Gasteiger partial charge in [0.05, 0.1) is 10.6 Å². The minimum absolute atomic E-state index is 0.0765. The van der Waals surface area contributed by atoms with Gasteiger partial charge in [-0.15, -0.1) is 0 Å². The Bertz CT molecular complexity index is 848. The number of carbonyl (C=O) groups excluding carboxylic acids is 1. The summed E-state index contributed by atoms with van der Waals surface area (Å²) >= 11 is 6.32. The lowest BCUT2D eigenvalue weighted by Crippen LogP contribution is -2.27. The SMILES string of the molecule is CC(C)(C)C(=O)Nc1ccc(-c2nc3ncccc3o2)c(Cl)c1. The van der Waals surface area contributed by atoms with Crippen molar-refractivity contribution in [2.75, 3.05) is 5.32 Å². The van der Waals surface area contributed by atoms with Gasteiger partial charge in [0.2, 0.25) is 11.8 Å². The molecule has 0 unspecified atom stereocenters. The fourth-order valence-electron chi connectivity index (χ4n) is 1.97. The first-order valence-corrected chi connectivity index (χ1v) is 7.55. The highest BCUT2D eigenvalue weighted by molar-refractivity contribution is 6.33. The zero-order chi connectivity index (χ0) is 16.6. The monoisotopic (exact) mass is 329 g/mol. The van der Waals surface area contributed by atoms with Crippen molar-refractivity contribution in [3.8, 4) is 11.5 Å². The van der Waals surface area contributed by atoms with Gasteiger partial charge in [-0.2, -0.15) is 4.98 Å². The van der Waals surface area contributed by atoms with E-state index in [-0.39, 0.29) is 5.91 Å². The number of halogens is 1. The molecular formula is C17H16ClN3O2. The fourth-order valence-corrected chi connectivity index (χ4v) is 2.23. The molecule has 0 aliphatic carbocycles. The van der Waals surface area contributed by atoms with E-state index in [1.165, 1.54) is 0 Å². The Morgan fingerprint density at radius 1 is 1.26 bits per heavy atom. The summed E-state index contributed by atoms with van der Waals surface area (Å²) in [4.78, 5) is 20.5. The second-order valence-electron chi connectivity index (χ2n) is 6.24. The van der Waals surface area contributed by atoms with Crippen LogP contribution in [0.1, 0.15) is 20.8 Å². The standard InChI is InChI=1S/C17H16ClN3O2/c1-17(2,3)16(22)20-10-6-7-11(12(18)9-10)15-21-14-13(23-15)5-4-8-19-14/h4-9H,1-3H3,(H,20,22). The lowest BCUT2D eigenvalue weighted by atomic mass is 9.95. The third kappa shape index (κ3) is 3.19. The van der Waals surface area contributed by atoms with Crippen LogP contribution in [0, 0.1) is 5.41 Å². The number of fused-ring (bicyclic) bond motifs is 1. The van der Waals surface area contributed by atoms with Crippen molar-refractivity contribution >= 4 is 34.4 Å². The largest absolute Gasteiger partial charge is 0.434 e. The van der Waals surface area contributed by atoms with Gasteiger partial charge in [0.15, 0.2) is 11.2 Å². The van der Waals surface area contributed by atoms with E-state index in [4.69, 9.17) is 16.0 Å². The second kappa shape index (κ2) is 5.66. The smallest absolute Gasteiger partial charge is 0.230 e. The van der Waals surface area contributed by atoms with Crippen molar-refractivity contribution in [2.45, 2.75) is 20.8 Å². The molecular weight excluding hydrogens is 314 g/mol. The number of pyridine rings is 1. The van der Waals surface area contributed by atoms with E-state index in [2.05, 4.69) is 15.3 Å². The van der Waals surface area contributed by atoms with Gasteiger partial charge in [0.25, 0.3) is 0 Å². The van der Waals surface area contributed by atoms with Crippen molar-refractivity contribution in [2.24, 2.45) is 5.41 Å². The number of nitrogens with zero attached hydrogens (tertiary/aromatic N) is 2. The molecule has 0 bridgehead atoms. The molecule has 3 rings (SSSR count). The number of nitrogens with one attached hydrogen (secondary N) is 1. The van der Waals surface area contributed by atoms with Crippen molar-refractivity contribution in [3.05, 3.63) is 41.6 Å². The summed E-state index contributed by atoms with van der Waals surface area (Å²) in [5.74, 6) is 0.324. The highest BCUT2D eigenvalue weighted by Gasteiger charge is 2.21. The molecule has 1 aromatic carbocycles. The van der Waals surface area contributed by atoms with Crippen molar-refractivity contribution in [1.29, 1.82) is 0 Å². The molecule has 0 radical (unpaired) electrons. The number of hydrogen-bond donors (Lipinski definition) is 1. The molecule has 0 saturated heterocycles. The van der Waals surface area contributed by atoms with Gasteiger partial charge in [-0.25, -0.2) is 4.98 Å². The summed E-state index contributed by atoms with van der Waals surface area (Å²) < 4.78 is 5.66. The molecule has 1 N–H and O–H groups in total. The van der Waals surface area contributed by atoms with Crippen molar-refractivity contribution < 1.29 is 9.21 Å². The summed E-state index contributed by atoms with van der Waals surface area (Å²) in [6.45, 7) is 5.55. The third-order valence-corrected chi connectivity index (χ3v) is 3.62. The molecule has 0 aliphatic rings. The summed E-state index contributed by atoms with van der Waals surface area (Å²) in [6.07, 6.45) is 1.65. The maximum Gasteiger partial charge on any atom is 0.230 e. The first kappa shape index (κ1) is 15.5. The number of oxazole rings is 1. The lowest BCUT2D eigenvalue weighted by Gasteiger charge is -2.17. The molecule has 2 aromatic heterocycles. The predicted molar refractivity (Wildman–Crippen MR) is 90.3 cm³/mol. The molecule has 2 heterocycles. The summed E-state index contributed by atoms with van der Waals surface area (Å²) in [5.41, 5.74) is 1.94. The van der Waals surface area contributed by atoms with Crippen LogP contribution < -0.4 is 5.32 Å². The Hall–Kier alpha value is -2.40. The van der Waals surface area contributed by atoms with Gasteiger partial charge in [0.1, 0.15) is 0 Å². The van der Waals surface area contributed by atoms with Crippen LogP contribution in [0.15, 0.2) is 40.9 Å². The molecule has 0 fully saturated rings. The van der Waals surface area contributed by atoms with E-state index >= 15 is 0 Å². The number of hydrogen-bond acceptors (Lipinski definition) is 4. The maximum atomic E-state index is 12.0. The first-order valence-electron chi connectivity index (χ1n) is 7.17. The van der Waals surface area contributed by atoms with Gasteiger partial charge < -0.3 is 9.73 Å². The van der Waals surface area contributed by atoms with Crippen LogP contribution in [0.3, 0.4) is 0 Å². The number of rotatable bonds is 2. The molecule has 0 spiro atoms. The lowest BCUT2D eigenvalue weighted by molar-refractivity contribution is -0.123. The Morgan fingerprint density at radius 2 is 2.04 bits per heavy atom. The fraction of sp³-hybridized carbons (Fsp3) is 0.235. The Labute approximate surface area is 138 Å². The van der Waals surface area contributed by atoms with Crippen LogP contribution in [0.4, 0.5) is 5.69 Å². The van der Waals surface area contributed by atoms with E-state index < -0.39 is 5.41 Å². The average Bonchev–Trinajstić information content (AvgIpc) is 2.89. The Balaban J connectivity index is 1.91. The van der Waals surface area contributed by atoms with Gasteiger partial charge >= 0.3 is 0 Å². The molecule has 0 aliphatic heterocycles. The highest BCUT2D eigenvalue weighted by atomic mass is 35.5. The van der Waals surface area contributed by atoms with Gasteiger partial charge in [0, 0.05) is 17.3 Å². The molecule has 0 saturated carbocycles. The van der Waals surface area contributed by atoms with Crippen LogP contribution in [0.5, 0.6) is 0 Å². The van der Waals surface area contributed by atoms with E-state index in [0.29, 0.717) is 33.4 Å². The highest BCUT2D eigenvalue weighted by Crippen LogP contribution is 2.32. The number of amides is 1. The van der Waals surface area contributed by atoms with Crippen LogP contribution in [0.25, 0.3) is 22.7 Å². The van der Waals surface area contributed by atoms with Crippen molar-refractivity contribution in [3.63, 3.8) is 0 Å². The minimum Gasteiger partial charge on any atom is -0.434 e. The zero-order valence-electron chi connectivity index (χ0n) is 13.1. The van der Waals surface area contributed by atoms with Crippen molar-refractivity contribution in [1.82, 2.24) is 9.97 Å². The normalized spacial score (nSPS) is 11.7. The number of aromatic nitrogens is 2. The topological polar surface area (TPSA) is 68.0 Å². The number of benzene rings is 1. The zero-order valence-corrected chi connectivity index (χ0v) is 13.8. The van der Waals surface area contributed by atoms with Crippen LogP contribution in [-0.2, 0) is 4.79 Å². The molecule has 6 heteroatoms. The van der Waals surface area contributed by atoms with E-state index in [1.54, 1.807) is 36.5 Å². The third-order valence-electron chi connectivity index (χ3n) is 3.30.